The van der Waals surface area contributed by atoms with Crippen LogP contribution in [0, 0.1) is 0 Å². The Labute approximate surface area is 167 Å². The van der Waals surface area contributed by atoms with Crippen molar-refractivity contribution < 1.29 is 14.2 Å². The Hall–Kier alpha value is -4.01. The molecule has 9 heteroatoms. The first-order valence-corrected chi connectivity index (χ1v) is 8.80. The zero-order chi connectivity index (χ0) is 20.2. The lowest BCUT2D eigenvalue weighted by Crippen LogP contribution is -2.02. The van der Waals surface area contributed by atoms with E-state index in [1.807, 2.05) is 18.2 Å². The summed E-state index contributed by atoms with van der Waals surface area (Å²) in [5, 5.41) is 6.43. The van der Waals surface area contributed by atoms with Crippen molar-refractivity contribution in [2.75, 3.05) is 32.0 Å². The van der Waals surface area contributed by atoms with Gasteiger partial charge in [0.05, 0.1) is 38.7 Å². The van der Waals surface area contributed by atoms with Gasteiger partial charge in [0.15, 0.2) is 11.5 Å². The van der Waals surface area contributed by atoms with E-state index >= 15 is 0 Å². The van der Waals surface area contributed by atoms with Gasteiger partial charge < -0.3 is 29.8 Å². The highest BCUT2D eigenvalue weighted by Crippen LogP contribution is 2.40. The van der Waals surface area contributed by atoms with E-state index in [4.69, 9.17) is 14.2 Å². The second-order valence-electron chi connectivity index (χ2n) is 6.06. The van der Waals surface area contributed by atoms with Gasteiger partial charge in [0, 0.05) is 29.7 Å². The van der Waals surface area contributed by atoms with Crippen molar-refractivity contribution in [3.63, 3.8) is 0 Å². The number of aromatic amines is 1. The number of fused-ring (bicyclic) bond motifs is 1. The van der Waals surface area contributed by atoms with Crippen molar-refractivity contribution in [1.29, 1.82) is 0 Å². The summed E-state index contributed by atoms with van der Waals surface area (Å²) in [5.74, 6) is 2.67. The van der Waals surface area contributed by atoms with Gasteiger partial charge in [-0.05, 0) is 24.3 Å². The fraction of sp³-hybridized carbons (Fsp3) is 0.150. The summed E-state index contributed by atoms with van der Waals surface area (Å²) in [6, 6.07) is 11.2. The van der Waals surface area contributed by atoms with E-state index in [0.29, 0.717) is 34.7 Å². The third kappa shape index (κ3) is 3.84. The Morgan fingerprint density at radius 1 is 0.828 bits per heavy atom. The lowest BCUT2D eigenvalue weighted by atomic mass is 10.2. The number of hydrogen-bond acceptors (Lipinski definition) is 8. The minimum absolute atomic E-state index is 0.423. The van der Waals surface area contributed by atoms with Gasteiger partial charge in [0.1, 0.15) is 5.82 Å². The molecule has 3 N–H and O–H groups in total. The Balaban J connectivity index is 1.57. The number of hydrogen-bond donors (Lipinski definition) is 3. The molecule has 148 valence electrons. The van der Waals surface area contributed by atoms with Crippen molar-refractivity contribution in [2.24, 2.45) is 0 Å². The number of nitrogens with zero attached hydrogens (tertiary/aromatic N) is 3. The second kappa shape index (κ2) is 7.93. The highest BCUT2D eigenvalue weighted by Gasteiger charge is 2.14. The summed E-state index contributed by atoms with van der Waals surface area (Å²) in [6.07, 6.45) is 3.34. The first-order chi connectivity index (χ1) is 14.2. The van der Waals surface area contributed by atoms with Crippen LogP contribution in [0.2, 0.25) is 0 Å². The average molecular weight is 392 g/mol. The van der Waals surface area contributed by atoms with Crippen LogP contribution in [0.5, 0.6) is 17.2 Å². The van der Waals surface area contributed by atoms with Crippen LogP contribution < -0.4 is 24.8 Å². The van der Waals surface area contributed by atoms with E-state index in [2.05, 4.69) is 30.6 Å². The van der Waals surface area contributed by atoms with Gasteiger partial charge in [-0.3, -0.25) is 0 Å². The van der Waals surface area contributed by atoms with Gasteiger partial charge in [0.2, 0.25) is 11.7 Å². The number of H-pyrrole nitrogens is 1. The van der Waals surface area contributed by atoms with Crippen molar-refractivity contribution in [2.45, 2.75) is 0 Å². The average Bonchev–Trinajstić information content (AvgIpc) is 3.21. The van der Waals surface area contributed by atoms with Gasteiger partial charge in [-0.2, -0.15) is 4.98 Å². The largest absolute Gasteiger partial charge is 0.493 e. The Morgan fingerprint density at radius 3 is 2.34 bits per heavy atom. The highest BCUT2D eigenvalue weighted by molar-refractivity contribution is 5.80. The summed E-state index contributed by atoms with van der Waals surface area (Å²) in [4.78, 5) is 16.1. The molecule has 0 saturated heterocycles. The summed E-state index contributed by atoms with van der Waals surface area (Å²) >= 11 is 0. The normalized spacial score (nSPS) is 10.6. The quantitative estimate of drug-likeness (QED) is 0.435. The van der Waals surface area contributed by atoms with Gasteiger partial charge >= 0.3 is 0 Å². The molecule has 0 spiro atoms. The second-order valence-corrected chi connectivity index (χ2v) is 6.06. The van der Waals surface area contributed by atoms with Crippen LogP contribution >= 0.6 is 0 Å². The molecule has 0 radical (unpaired) electrons. The fourth-order valence-corrected chi connectivity index (χ4v) is 2.93. The van der Waals surface area contributed by atoms with Crippen molar-refractivity contribution in [1.82, 2.24) is 19.9 Å². The molecule has 2 aromatic heterocycles. The molecule has 4 aromatic rings. The van der Waals surface area contributed by atoms with Gasteiger partial charge in [-0.15, -0.1) is 0 Å². The van der Waals surface area contributed by atoms with Crippen LogP contribution in [0.25, 0.3) is 11.0 Å². The van der Waals surface area contributed by atoms with Crippen LogP contribution in [0.15, 0.2) is 48.9 Å². The third-order valence-electron chi connectivity index (χ3n) is 4.27. The fourth-order valence-electron chi connectivity index (χ4n) is 2.93. The van der Waals surface area contributed by atoms with Crippen LogP contribution in [-0.4, -0.2) is 41.3 Å². The van der Waals surface area contributed by atoms with Crippen molar-refractivity contribution >= 4 is 34.2 Å². The van der Waals surface area contributed by atoms with E-state index in [-0.39, 0.29) is 0 Å². The summed E-state index contributed by atoms with van der Waals surface area (Å²) in [5.41, 5.74) is 3.44. The Morgan fingerprint density at radius 2 is 1.62 bits per heavy atom. The molecule has 29 heavy (non-hydrogen) atoms. The smallest absolute Gasteiger partial charge is 0.229 e. The number of nitrogens with one attached hydrogen (secondary N) is 3. The molecule has 0 aliphatic carbocycles. The van der Waals surface area contributed by atoms with E-state index < -0.39 is 0 Å². The highest BCUT2D eigenvalue weighted by atomic mass is 16.5. The number of rotatable bonds is 7. The molecular formula is C20H20N6O3. The molecule has 0 atom stereocenters. The number of imidazole rings is 1. The molecule has 9 nitrogen and oxygen atoms in total. The van der Waals surface area contributed by atoms with Crippen LogP contribution in [0.1, 0.15) is 0 Å². The van der Waals surface area contributed by atoms with Crippen LogP contribution in [0.4, 0.5) is 23.1 Å². The molecule has 0 aliphatic heterocycles. The van der Waals surface area contributed by atoms with E-state index in [0.717, 1.165) is 16.7 Å². The van der Waals surface area contributed by atoms with E-state index in [9.17, 15) is 0 Å². The molecule has 0 saturated carbocycles. The lowest BCUT2D eigenvalue weighted by molar-refractivity contribution is 0.324. The maximum Gasteiger partial charge on any atom is 0.229 e. The van der Waals surface area contributed by atoms with E-state index in [1.165, 1.54) is 0 Å². The molecule has 2 aromatic carbocycles. The topological polar surface area (TPSA) is 106 Å². The molecule has 0 fully saturated rings. The van der Waals surface area contributed by atoms with Crippen LogP contribution in [0.3, 0.4) is 0 Å². The number of ether oxygens (including phenoxy) is 3. The minimum Gasteiger partial charge on any atom is -0.493 e. The zero-order valence-corrected chi connectivity index (χ0v) is 16.2. The molecule has 0 aliphatic rings. The molecule has 0 bridgehead atoms. The molecule has 0 unspecified atom stereocenters. The Bertz CT molecular complexity index is 1120. The predicted octanol–water partition coefficient (Wildman–Crippen LogP) is 3.87. The maximum absolute atomic E-state index is 5.38. The summed E-state index contributed by atoms with van der Waals surface area (Å²) < 4.78 is 16.1. The number of methoxy groups -OCH3 is 3. The first kappa shape index (κ1) is 18.4. The number of anilines is 4. The standard InChI is InChI=1S/C20H20N6O3/c1-27-16-9-13(10-17(28-2)19(16)29-3)25-20-21-7-6-18(26-20)24-12-4-5-14-15(8-12)23-11-22-14/h4-11H,1-3H3,(H,22,23)(H2,21,24,25,26). The van der Waals surface area contributed by atoms with Gasteiger partial charge in [0.25, 0.3) is 0 Å². The molecule has 0 amide bonds. The monoisotopic (exact) mass is 392 g/mol. The third-order valence-corrected chi connectivity index (χ3v) is 4.27. The molecular weight excluding hydrogens is 372 g/mol. The summed E-state index contributed by atoms with van der Waals surface area (Å²) in [6.45, 7) is 0. The van der Waals surface area contributed by atoms with Crippen LogP contribution in [-0.2, 0) is 0 Å². The molecule has 4 rings (SSSR count). The zero-order valence-electron chi connectivity index (χ0n) is 16.2. The Kier molecular flexibility index (Phi) is 5.02. The summed E-state index contributed by atoms with van der Waals surface area (Å²) in [7, 11) is 4.70. The lowest BCUT2D eigenvalue weighted by Gasteiger charge is -2.15. The van der Waals surface area contributed by atoms with Gasteiger partial charge in [-0.25, -0.2) is 9.97 Å². The van der Waals surface area contributed by atoms with Crippen molar-refractivity contribution in [3.05, 3.63) is 48.9 Å². The van der Waals surface area contributed by atoms with Crippen molar-refractivity contribution in [3.8, 4) is 17.2 Å². The van der Waals surface area contributed by atoms with E-state index in [1.54, 1.807) is 52.1 Å². The molecule has 2 heterocycles. The van der Waals surface area contributed by atoms with Gasteiger partial charge in [-0.1, -0.05) is 0 Å². The predicted molar refractivity (Wildman–Crippen MR) is 111 cm³/mol. The maximum atomic E-state index is 5.38. The number of aromatic nitrogens is 4. The SMILES string of the molecule is COc1cc(Nc2nccc(Nc3ccc4nc[nH]c4c3)n2)cc(OC)c1OC. The first-order valence-electron chi connectivity index (χ1n) is 8.80. The minimum atomic E-state index is 0.423. The number of benzene rings is 2.